The van der Waals surface area contributed by atoms with Crippen LogP contribution >= 0.6 is 0 Å². The zero-order valence-corrected chi connectivity index (χ0v) is 12.5. The maximum atomic E-state index is 4.66. The first kappa shape index (κ1) is 13.6. The van der Waals surface area contributed by atoms with Gasteiger partial charge in [0.15, 0.2) is 5.82 Å². The lowest BCUT2D eigenvalue weighted by Crippen LogP contribution is -2.11. The summed E-state index contributed by atoms with van der Waals surface area (Å²) in [7, 11) is 1.93. The van der Waals surface area contributed by atoms with Crippen molar-refractivity contribution < 1.29 is 0 Å². The molecule has 0 spiro atoms. The summed E-state index contributed by atoms with van der Waals surface area (Å²) in [6.45, 7) is 4.86. The molecule has 0 saturated carbocycles. The molecular formula is C17H18N4. The molecule has 0 aliphatic carbocycles. The lowest BCUT2D eigenvalue weighted by molar-refractivity contribution is 0.787. The summed E-state index contributed by atoms with van der Waals surface area (Å²) in [6.07, 6.45) is 1.80. The molecule has 0 saturated heterocycles. The minimum absolute atomic E-state index is 0.774. The van der Waals surface area contributed by atoms with E-state index in [9.17, 15) is 0 Å². The van der Waals surface area contributed by atoms with Crippen LogP contribution in [0.15, 0.2) is 36.5 Å². The Kier molecular flexibility index (Phi) is 3.62. The van der Waals surface area contributed by atoms with E-state index in [1.807, 2.05) is 39.1 Å². The van der Waals surface area contributed by atoms with Crippen LogP contribution in [0.4, 0.5) is 0 Å². The average Bonchev–Trinajstić information content (AvgIpc) is 2.50. The molecule has 0 fully saturated rings. The molecule has 0 radical (unpaired) electrons. The van der Waals surface area contributed by atoms with Crippen molar-refractivity contribution in [1.29, 1.82) is 0 Å². The molecule has 21 heavy (non-hydrogen) atoms. The molecule has 4 heteroatoms. The second-order valence-electron chi connectivity index (χ2n) is 5.14. The Labute approximate surface area is 124 Å². The normalized spacial score (nSPS) is 11.0. The standard InChI is InChI=1S/C17H18N4/c1-11-15(10-18-3)12(2)21-17(20-11)14-6-7-16-13(9-14)5-4-8-19-16/h4-9,18H,10H2,1-3H3. The Morgan fingerprint density at radius 3 is 2.52 bits per heavy atom. The summed E-state index contributed by atoms with van der Waals surface area (Å²) in [6, 6.07) is 10.1. The predicted molar refractivity (Wildman–Crippen MR) is 85.0 cm³/mol. The highest BCUT2D eigenvalue weighted by atomic mass is 14.9. The van der Waals surface area contributed by atoms with Crippen LogP contribution in [-0.4, -0.2) is 22.0 Å². The molecule has 0 atom stereocenters. The fraction of sp³-hybridized carbons (Fsp3) is 0.235. The first-order chi connectivity index (χ1) is 10.2. The van der Waals surface area contributed by atoms with Gasteiger partial charge >= 0.3 is 0 Å². The number of rotatable bonds is 3. The minimum atomic E-state index is 0.774. The number of benzene rings is 1. The molecule has 0 aliphatic rings. The van der Waals surface area contributed by atoms with Crippen molar-refractivity contribution in [2.24, 2.45) is 0 Å². The summed E-state index contributed by atoms with van der Waals surface area (Å²) < 4.78 is 0. The molecule has 106 valence electrons. The van der Waals surface area contributed by atoms with Gasteiger partial charge in [-0.3, -0.25) is 4.98 Å². The zero-order chi connectivity index (χ0) is 14.8. The van der Waals surface area contributed by atoms with Crippen molar-refractivity contribution in [2.75, 3.05) is 7.05 Å². The molecule has 0 aliphatic heterocycles. The highest BCUT2D eigenvalue weighted by Crippen LogP contribution is 2.22. The van der Waals surface area contributed by atoms with Crippen LogP contribution in [0.2, 0.25) is 0 Å². The van der Waals surface area contributed by atoms with Gasteiger partial charge in [-0.1, -0.05) is 6.07 Å². The van der Waals surface area contributed by atoms with E-state index in [1.165, 1.54) is 5.56 Å². The first-order valence-electron chi connectivity index (χ1n) is 7.03. The lowest BCUT2D eigenvalue weighted by atomic mass is 10.1. The topological polar surface area (TPSA) is 50.7 Å². The largest absolute Gasteiger partial charge is 0.316 e. The molecule has 0 bridgehead atoms. The van der Waals surface area contributed by atoms with Crippen molar-refractivity contribution >= 4 is 10.9 Å². The Balaban J connectivity index is 2.10. The van der Waals surface area contributed by atoms with E-state index >= 15 is 0 Å². The van der Waals surface area contributed by atoms with Gasteiger partial charge in [0, 0.05) is 40.6 Å². The van der Waals surface area contributed by atoms with Gasteiger partial charge in [0.05, 0.1) is 5.52 Å². The summed E-state index contributed by atoms with van der Waals surface area (Å²) in [4.78, 5) is 13.7. The smallest absolute Gasteiger partial charge is 0.159 e. The van der Waals surface area contributed by atoms with Crippen LogP contribution in [-0.2, 0) is 6.54 Å². The highest BCUT2D eigenvalue weighted by Gasteiger charge is 2.10. The molecule has 1 N–H and O–H groups in total. The van der Waals surface area contributed by atoms with Gasteiger partial charge in [-0.2, -0.15) is 0 Å². The van der Waals surface area contributed by atoms with E-state index in [1.54, 1.807) is 6.20 Å². The minimum Gasteiger partial charge on any atom is -0.316 e. The van der Waals surface area contributed by atoms with Crippen LogP contribution in [0.5, 0.6) is 0 Å². The van der Waals surface area contributed by atoms with Gasteiger partial charge in [-0.05, 0) is 45.2 Å². The molecule has 1 aromatic carbocycles. The number of aromatic nitrogens is 3. The van der Waals surface area contributed by atoms with Crippen molar-refractivity contribution in [3.05, 3.63) is 53.5 Å². The summed E-state index contributed by atoms with van der Waals surface area (Å²) >= 11 is 0. The number of pyridine rings is 1. The molecule has 2 heterocycles. The lowest BCUT2D eigenvalue weighted by Gasteiger charge is -2.11. The zero-order valence-electron chi connectivity index (χ0n) is 12.5. The summed E-state index contributed by atoms with van der Waals surface area (Å²) in [5.74, 6) is 0.774. The second kappa shape index (κ2) is 5.58. The molecular weight excluding hydrogens is 260 g/mol. The predicted octanol–water partition coefficient (Wildman–Crippen LogP) is 3.03. The number of hydrogen-bond donors (Lipinski definition) is 1. The Bertz CT molecular complexity index is 773. The van der Waals surface area contributed by atoms with Gasteiger partial charge in [0.1, 0.15) is 0 Å². The van der Waals surface area contributed by atoms with E-state index in [2.05, 4.69) is 32.4 Å². The number of nitrogens with one attached hydrogen (secondary N) is 1. The third-order valence-corrected chi connectivity index (χ3v) is 3.64. The fourth-order valence-electron chi connectivity index (χ4n) is 2.52. The fourth-order valence-corrected chi connectivity index (χ4v) is 2.52. The SMILES string of the molecule is CNCc1c(C)nc(-c2ccc3ncccc3c2)nc1C. The number of hydrogen-bond acceptors (Lipinski definition) is 4. The Hall–Kier alpha value is -2.33. The Morgan fingerprint density at radius 1 is 1.05 bits per heavy atom. The van der Waals surface area contributed by atoms with Gasteiger partial charge < -0.3 is 5.32 Å². The van der Waals surface area contributed by atoms with Crippen LogP contribution < -0.4 is 5.32 Å². The maximum Gasteiger partial charge on any atom is 0.159 e. The molecule has 0 unspecified atom stereocenters. The average molecular weight is 278 g/mol. The van der Waals surface area contributed by atoms with Gasteiger partial charge in [0.2, 0.25) is 0 Å². The van der Waals surface area contributed by atoms with E-state index in [4.69, 9.17) is 0 Å². The quantitative estimate of drug-likeness (QED) is 0.800. The molecule has 0 amide bonds. The van der Waals surface area contributed by atoms with Gasteiger partial charge in [-0.15, -0.1) is 0 Å². The van der Waals surface area contributed by atoms with Crippen LogP contribution in [0, 0.1) is 13.8 Å². The van der Waals surface area contributed by atoms with Crippen molar-refractivity contribution in [3.63, 3.8) is 0 Å². The third-order valence-electron chi connectivity index (χ3n) is 3.64. The van der Waals surface area contributed by atoms with E-state index < -0.39 is 0 Å². The van der Waals surface area contributed by atoms with Crippen molar-refractivity contribution in [2.45, 2.75) is 20.4 Å². The summed E-state index contributed by atoms with van der Waals surface area (Å²) in [5, 5.41) is 4.27. The number of nitrogens with zero attached hydrogens (tertiary/aromatic N) is 3. The van der Waals surface area contributed by atoms with Gasteiger partial charge in [-0.25, -0.2) is 9.97 Å². The summed E-state index contributed by atoms with van der Waals surface area (Å²) in [5.41, 5.74) is 5.24. The molecule has 2 aromatic heterocycles. The van der Waals surface area contributed by atoms with Crippen LogP contribution in [0.25, 0.3) is 22.3 Å². The number of fused-ring (bicyclic) bond motifs is 1. The van der Waals surface area contributed by atoms with E-state index in [0.29, 0.717) is 0 Å². The third kappa shape index (κ3) is 2.62. The highest BCUT2D eigenvalue weighted by molar-refractivity contribution is 5.83. The molecule has 3 aromatic rings. The number of aryl methyl sites for hydroxylation is 2. The monoisotopic (exact) mass is 278 g/mol. The Morgan fingerprint density at radius 2 is 1.81 bits per heavy atom. The van der Waals surface area contributed by atoms with Crippen molar-refractivity contribution in [1.82, 2.24) is 20.3 Å². The maximum absolute atomic E-state index is 4.66. The van der Waals surface area contributed by atoms with E-state index in [-0.39, 0.29) is 0 Å². The second-order valence-corrected chi connectivity index (χ2v) is 5.14. The molecule has 4 nitrogen and oxygen atoms in total. The molecule has 3 rings (SSSR count). The van der Waals surface area contributed by atoms with Crippen LogP contribution in [0.3, 0.4) is 0 Å². The van der Waals surface area contributed by atoms with E-state index in [0.717, 1.165) is 40.2 Å². The van der Waals surface area contributed by atoms with Crippen LogP contribution in [0.1, 0.15) is 17.0 Å². The van der Waals surface area contributed by atoms with Crippen molar-refractivity contribution in [3.8, 4) is 11.4 Å². The first-order valence-corrected chi connectivity index (χ1v) is 7.03. The van der Waals surface area contributed by atoms with Gasteiger partial charge in [0.25, 0.3) is 0 Å².